The van der Waals surface area contributed by atoms with E-state index in [-0.39, 0.29) is 0 Å². The van der Waals surface area contributed by atoms with Crippen molar-refractivity contribution in [3.63, 3.8) is 0 Å². The zero-order chi connectivity index (χ0) is 22.1. The molecule has 31 heavy (non-hydrogen) atoms. The Labute approximate surface area is 180 Å². The molecule has 0 bridgehead atoms. The van der Waals surface area contributed by atoms with Crippen LogP contribution in [0.2, 0.25) is 0 Å². The lowest BCUT2D eigenvalue weighted by atomic mass is 9.99. The molecule has 162 valence electrons. The van der Waals surface area contributed by atoms with Gasteiger partial charge in [-0.1, -0.05) is 19.6 Å². The number of halogens is 3. The first-order valence-corrected chi connectivity index (χ1v) is 10.3. The summed E-state index contributed by atoms with van der Waals surface area (Å²) in [6.07, 6.45) is 4.78. The fraction of sp³-hybridized carbons (Fsp3) is 0.292. The molecule has 0 atom stereocenters. The highest BCUT2D eigenvalue weighted by atomic mass is 19.2. The first-order chi connectivity index (χ1) is 14.9. The Morgan fingerprint density at radius 3 is 2.42 bits per heavy atom. The van der Waals surface area contributed by atoms with E-state index in [0.717, 1.165) is 42.0 Å². The molecule has 0 aliphatic carbocycles. The van der Waals surface area contributed by atoms with Crippen LogP contribution in [0.15, 0.2) is 55.0 Å². The summed E-state index contributed by atoms with van der Waals surface area (Å²) in [5.41, 5.74) is 5.88. The summed E-state index contributed by atoms with van der Waals surface area (Å²) in [7, 11) is 1.91. The first kappa shape index (κ1) is 21.0. The number of aryl methyl sites for hydroxylation is 2. The van der Waals surface area contributed by atoms with Gasteiger partial charge in [0.2, 0.25) is 0 Å². The smallest absolute Gasteiger partial charge is 0.194 e. The highest BCUT2D eigenvalue weighted by molar-refractivity contribution is 5.70. The van der Waals surface area contributed by atoms with Gasteiger partial charge in [-0.2, -0.15) is 5.10 Å². The quantitative estimate of drug-likeness (QED) is 0.543. The number of hydrogen-bond donors (Lipinski definition) is 0. The van der Waals surface area contributed by atoms with E-state index < -0.39 is 17.5 Å². The number of nitrogens with zero attached hydrogens (tertiary/aromatic N) is 4. The molecular formula is C24H25F3N4. The van der Waals surface area contributed by atoms with Crippen LogP contribution in [0, 0.1) is 17.5 Å². The van der Waals surface area contributed by atoms with Gasteiger partial charge in [-0.25, -0.2) is 13.2 Å². The second-order valence-corrected chi connectivity index (χ2v) is 7.88. The van der Waals surface area contributed by atoms with E-state index in [1.54, 1.807) is 4.68 Å². The maximum Gasteiger partial charge on any atom is 0.194 e. The number of benzene rings is 2. The van der Waals surface area contributed by atoms with Crippen molar-refractivity contribution in [2.75, 3.05) is 24.5 Å². The lowest BCUT2D eigenvalue weighted by Gasteiger charge is -2.39. The number of piperazine rings is 1. The Morgan fingerprint density at radius 2 is 1.81 bits per heavy atom. The van der Waals surface area contributed by atoms with Gasteiger partial charge in [0.1, 0.15) is 0 Å². The number of rotatable bonds is 5. The fourth-order valence-electron chi connectivity index (χ4n) is 4.04. The van der Waals surface area contributed by atoms with Gasteiger partial charge in [-0.3, -0.25) is 4.68 Å². The molecule has 1 aliphatic rings. The summed E-state index contributed by atoms with van der Waals surface area (Å²) in [5.74, 6) is -3.77. The minimum Gasteiger partial charge on any atom is -0.368 e. The van der Waals surface area contributed by atoms with Crippen LogP contribution in [-0.4, -0.2) is 34.3 Å². The second-order valence-electron chi connectivity index (χ2n) is 7.88. The van der Waals surface area contributed by atoms with Crippen LogP contribution in [0.1, 0.15) is 18.1 Å². The minimum atomic E-state index is -1.44. The first-order valence-electron chi connectivity index (χ1n) is 10.3. The normalized spacial score (nSPS) is 14.4. The summed E-state index contributed by atoms with van der Waals surface area (Å²) in [4.78, 5) is 4.23. The van der Waals surface area contributed by atoms with Gasteiger partial charge >= 0.3 is 0 Å². The molecule has 7 heteroatoms. The predicted octanol–water partition coefficient (Wildman–Crippen LogP) is 4.90. The lowest BCUT2D eigenvalue weighted by Crippen LogP contribution is -2.44. The Bertz CT molecular complexity index is 1100. The largest absolute Gasteiger partial charge is 0.368 e. The molecule has 1 aliphatic heterocycles. The van der Waals surface area contributed by atoms with Crippen molar-refractivity contribution in [2.45, 2.75) is 19.9 Å². The van der Waals surface area contributed by atoms with Gasteiger partial charge < -0.3 is 9.80 Å². The molecule has 2 heterocycles. The average Bonchev–Trinajstić information content (AvgIpc) is 3.19. The van der Waals surface area contributed by atoms with E-state index >= 15 is 0 Å². The monoisotopic (exact) mass is 426 g/mol. The Morgan fingerprint density at radius 1 is 1.06 bits per heavy atom. The van der Waals surface area contributed by atoms with Gasteiger partial charge in [-0.05, 0) is 47.4 Å². The summed E-state index contributed by atoms with van der Waals surface area (Å²) in [6, 6.07) is 8.53. The van der Waals surface area contributed by atoms with E-state index in [1.165, 1.54) is 11.1 Å². The Balaban J connectivity index is 1.48. The summed E-state index contributed by atoms with van der Waals surface area (Å²) in [5, 5.41) is 4.27. The highest BCUT2D eigenvalue weighted by Crippen LogP contribution is 2.30. The van der Waals surface area contributed by atoms with Crippen LogP contribution in [0.5, 0.6) is 0 Å². The molecular weight excluding hydrogens is 401 g/mol. The maximum atomic E-state index is 13.5. The van der Waals surface area contributed by atoms with Crippen LogP contribution in [0.3, 0.4) is 0 Å². The van der Waals surface area contributed by atoms with Gasteiger partial charge in [0.05, 0.1) is 12.7 Å². The van der Waals surface area contributed by atoms with Crippen LogP contribution >= 0.6 is 0 Å². The number of anilines is 1. The Kier molecular flexibility index (Phi) is 5.76. The minimum absolute atomic E-state index is 0.293. The van der Waals surface area contributed by atoms with Gasteiger partial charge in [-0.15, -0.1) is 0 Å². The molecule has 4 rings (SSSR count). The van der Waals surface area contributed by atoms with Crippen molar-refractivity contribution in [2.24, 2.45) is 7.05 Å². The molecule has 3 aromatic rings. The van der Waals surface area contributed by atoms with Crippen molar-refractivity contribution in [3.05, 3.63) is 83.6 Å². The standard InChI is InChI=1S/C24H25F3N4/c1-4-18-11-20(5-6-21(18)19-12-28-29(3)15-19)31-8-7-30(16(2)13-31)14-17-9-22(25)24(27)23(26)10-17/h5-6,9-12,15H,2,4,7-8,13-14H2,1,3H3. The molecule has 0 amide bonds. The molecule has 2 aromatic carbocycles. The molecule has 0 N–H and O–H groups in total. The fourth-order valence-corrected chi connectivity index (χ4v) is 4.04. The molecule has 1 fully saturated rings. The van der Waals surface area contributed by atoms with E-state index in [4.69, 9.17) is 0 Å². The lowest BCUT2D eigenvalue weighted by molar-refractivity contribution is 0.311. The zero-order valence-electron chi connectivity index (χ0n) is 17.7. The van der Waals surface area contributed by atoms with E-state index in [2.05, 4.69) is 41.7 Å². The topological polar surface area (TPSA) is 24.3 Å². The second kappa shape index (κ2) is 8.49. The van der Waals surface area contributed by atoms with Crippen LogP contribution < -0.4 is 4.90 Å². The van der Waals surface area contributed by atoms with Gasteiger partial charge in [0.15, 0.2) is 17.5 Å². The van der Waals surface area contributed by atoms with E-state index in [1.807, 2.05) is 24.3 Å². The van der Waals surface area contributed by atoms with Gasteiger partial charge in [0.25, 0.3) is 0 Å². The molecule has 0 unspecified atom stereocenters. The third-order valence-corrected chi connectivity index (χ3v) is 5.73. The number of hydrogen-bond acceptors (Lipinski definition) is 3. The predicted molar refractivity (Wildman–Crippen MR) is 116 cm³/mol. The van der Waals surface area contributed by atoms with Crippen LogP contribution in [0.25, 0.3) is 11.1 Å². The molecule has 4 nitrogen and oxygen atoms in total. The molecule has 0 spiro atoms. The SMILES string of the molecule is C=C1CN(c2ccc(-c3cnn(C)c3)c(CC)c2)CCN1Cc1cc(F)c(F)c(F)c1. The Hall–Kier alpha value is -3.22. The summed E-state index contributed by atoms with van der Waals surface area (Å²) < 4.78 is 42.1. The van der Waals surface area contributed by atoms with E-state index in [9.17, 15) is 13.2 Å². The van der Waals surface area contributed by atoms with Crippen molar-refractivity contribution in [3.8, 4) is 11.1 Å². The molecule has 0 radical (unpaired) electrons. The third-order valence-electron chi connectivity index (χ3n) is 5.73. The zero-order valence-corrected chi connectivity index (χ0v) is 17.7. The average molecular weight is 426 g/mol. The van der Waals surface area contributed by atoms with Crippen molar-refractivity contribution < 1.29 is 13.2 Å². The van der Waals surface area contributed by atoms with Crippen LogP contribution in [-0.2, 0) is 20.0 Å². The van der Waals surface area contributed by atoms with Crippen molar-refractivity contribution in [1.82, 2.24) is 14.7 Å². The van der Waals surface area contributed by atoms with Crippen LogP contribution in [0.4, 0.5) is 18.9 Å². The molecule has 1 aromatic heterocycles. The third kappa shape index (κ3) is 4.31. The summed E-state index contributed by atoms with van der Waals surface area (Å²) >= 11 is 0. The van der Waals surface area contributed by atoms with Gasteiger partial charge in [0, 0.05) is 49.8 Å². The summed E-state index contributed by atoms with van der Waals surface area (Å²) in [6.45, 7) is 8.60. The highest BCUT2D eigenvalue weighted by Gasteiger charge is 2.22. The number of aromatic nitrogens is 2. The van der Waals surface area contributed by atoms with E-state index in [0.29, 0.717) is 25.2 Å². The molecule has 1 saturated heterocycles. The van der Waals surface area contributed by atoms with Crippen molar-refractivity contribution >= 4 is 5.69 Å². The maximum absolute atomic E-state index is 13.5. The molecule has 0 saturated carbocycles. The van der Waals surface area contributed by atoms with Crippen molar-refractivity contribution in [1.29, 1.82) is 0 Å².